The van der Waals surface area contributed by atoms with E-state index in [0.717, 1.165) is 31.5 Å². The molecule has 1 unspecified atom stereocenters. The highest BCUT2D eigenvalue weighted by Crippen LogP contribution is 2.36. The molecule has 4 rings (SSSR count). The summed E-state index contributed by atoms with van der Waals surface area (Å²) in [5.74, 6) is 0.430. The van der Waals surface area contributed by atoms with Gasteiger partial charge in [-0.15, -0.1) is 0 Å². The highest BCUT2D eigenvalue weighted by molar-refractivity contribution is 5.44. The molecule has 0 aliphatic heterocycles. The fourth-order valence-corrected chi connectivity index (χ4v) is 3.52. The van der Waals surface area contributed by atoms with E-state index in [1.165, 1.54) is 16.7 Å². The normalized spacial score (nSPS) is 16.2. The number of rotatable bonds is 5. The van der Waals surface area contributed by atoms with Gasteiger partial charge in [-0.25, -0.2) is 4.98 Å². The van der Waals surface area contributed by atoms with E-state index < -0.39 is 0 Å². The Labute approximate surface area is 141 Å². The van der Waals surface area contributed by atoms with E-state index >= 15 is 0 Å². The van der Waals surface area contributed by atoms with Gasteiger partial charge < -0.3 is 15.0 Å². The van der Waals surface area contributed by atoms with Crippen molar-refractivity contribution in [1.82, 2.24) is 14.9 Å². The Kier molecular flexibility index (Phi) is 4.05. The lowest BCUT2D eigenvalue weighted by Crippen LogP contribution is -2.18. The summed E-state index contributed by atoms with van der Waals surface area (Å²) in [6.45, 7) is 1.67. The molecule has 0 radical (unpaired) electrons. The lowest BCUT2D eigenvalue weighted by molar-refractivity contribution is 0.469. The van der Waals surface area contributed by atoms with E-state index in [2.05, 4.69) is 45.2 Å². The van der Waals surface area contributed by atoms with Gasteiger partial charge in [0, 0.05) is 31.5 Å². The lowest BCUT2D eigenvalue weighted by Gasteiger charge is -2.15. The zero-order chi connectivity index (χ0) is 16.4. The molecule has 0 bridgehead atoms. The molecule has 0 saturated carbocycles. The van der Waals surface area contributed by atoms with E-state index in [1.54, 1.807) is 12.3 Å². The van der Waals surface area contributed by atoms with Crippen molar-refractivity contribution in [1.29, 1.82) is 0 Å². The molecule has 0 fully saturated rings. The molecular formula is C20H21N3O. The molecule has 2 N–H and O–H groups in total. The summed E-state index contributed by atoms with van der Waals surface area (Å²) < 4.78 is 2.07. The second-order valence-electron chi connectivity index (χ2n) is 6.37. The average molecular weight is 319 g/mol. The second kappa shape index (κ2) is 6.49. The van der Waals surface area contributed by atoms with E-state index in [1.807, 2.05) is 18.6 Å². The Balaban J connectivity index is 1.43. The number of nitrogens with zero attached hydrogens (tertiary/aromatic N) is 2. The van der Waals surface area contributed by atoms with Crippen molar-refractivity contribution in [3.63, 3.8) is 0 Å². The van der Waals surface area contributed by atoms with Gasteiger partial charge in [-0.3, -0.25) is 0 Å². The molecular weight excluding hydrogens is 298 g/mol. The van der Waals surface area contributed by atoms with Crippen LogP contribution in [0.2, 0.25) is 0 Å². The minimum atomic E-state index is 0.324. The zero-order valence-corrected chi connectivity index (χ0v) is 13.5. The molecule has 2 aromatic carbocycles. The summed E-state index contributed by atoms with van der Waals surface area (Å²) in [4.78, 5) is 4.09. The first-order valence-electron chi connectivity index (χ1n) is 8.37. The van der Waals surface area contributed by atoms with Crippen molar-refractivity contribution in [2.24, 2.45) is 0 Å². The van der Waals surface area contributed by atoms with E-state index in [0.29, 0.717) is 11.8 Å². The smallest absolute Gasteiger partial charge is 0.119 e. The maximum absolute atomic E-state index is 9.96. The van der Waals surface area contributed by atoms with Crippen LogP contribution in [0.5, 0.6) is 5.75 Å². The first-order chi connectivity index (χ1) is 11.8. The molecule has 3 aromatic rings. The average Bonchev–Trinajstić information content (AvgIpc) is 3.24. The molecule has 4 nitrogen and oxygen atoms in total. The van der Waals surface area contributed by atoms with Gasteiger partial charge in [-0.1, -0.05) is 36.4 Å². The first-order valence-corrected chi connectivity index (χ1v) is 8.37. The topological polar surface area (TPSA) is 50.1 Å². The van der Waals surface area contributed by atoms with Gasteiger partial charge in [0.2, 0.25) is 0 Å². The monoisotopic (exact) mass is 319 g/mol. The van der Waals surface area contributed by atoms with Gasteiger partial charge in [0.1, 0.15) is 5.75 Å². The van der Waals surface area contributed by atoms with Crippen LogP contribution in [0.25, 0.3) is 0 Å². The maximum atomic E-state index is 9.96. The van der Waals surface area contributed by atoms with Gasteiger partial charge in [0.05, 0.1) is 6.33 Å². The number of hydrogen-bond acceptors (Lipinski definition) is 3. The summed E-state index contributed by atoms with van der Waals surface area (Å²) >= 11 is 0. The highest BCUT2D eigenvalue weighted by Gasteiger charge is 2.23. The first kappa shape index (κ1) is 15.0. The Morgan fingerprint density at radius 2 is 2.04 bits per heavy atom. The predicted octanol–water partition coefficient (Wildman–Crippen LogP) is 3.41. The minimum absolute atomic E-state index is 0.324. The summed E-state index contributed by atoms with van der Waals surface area (Å²) in [5, 5.41) is 13.6. The van der Waals surface area contributed by atoms with Crippen LogP contribution in [0.3, 0.4) is 0 Å². The molecule has 1 aliphatic rings. The number of nitrogens with one attached hydrogen (secondary N) is 1. The van der Waals surface area contributed by atoms with E-state index in [9.17, 15) is 5.11 Å². The van der Waals surface area contributed by atoms with Gasteiger partial charge in [-0.05, 0) is 41.2 Å². The van der Waals surface area contributed by atoms with Crippen LogP contribution >= 0.6 is 0 Å². The maximum Gasteiger partial charge on any atom is 0.119 e. The van der Waals surface area contributed by atoms with Crippen molar-refractivity contribution >= 4 is 0 Å². The third-order valence-corrected chi connectivity index (χ3v) is 4.71. The molecule has 24 heavy (non-hydrogen) atoms. The third-order valence-electron chi connectivity index (χ3n) is 4.71. The quantitative estimate of drug-likeness (QED) is 0.757. The van der Waals surface area contributed by atoms with Crippen molar-refractivity contribution in [2.45, 2.75) is 32.0 Å². The Morgan fingerprint density at radius 1 is 1.17 bits per heavy atom. The Morgan fingerprint density at radius 3 is 2.92 bits per heavy atom. The van der Waals surface area contributed by atoms with Crippen molar-refractivity contribution in [2.75, 3.05) is 0 Å². The number of phenolic OH excluding ortho intramolecular Hbond substituents is 1. The van der Waals surface area contributed by atoms with Crippen molar-refractivity contribution in [3.8, 4) is 5.75 Å². The predicted molar refractivity (Wildman–Crippen MR) is 93.8 cm³/mol. The number of phenols is 1. The highest BCUT2D eigenvalue weighted by atomic mass is 16.3. The molecule has 0 amide bonds. The number of hydrogen-bond donors (Lipinski definition) is 2. The summed E-state index contributed by atoms with van der Waals surface area (Å²) in [6, 6.07) is 14.8. The fraction of sp³-hybridized carbons (Fsp3) is 0.250. The molecule has 4 heteroatoms. The van der Waals surface area contributed by atoms with Crippen LogP contribution in [0.4, 0.5) is 0 Å². The number of imidazole rings is 1. The fourth-order valence-electron chi connectivity index (χ4n) is 3.52. The third kappa shape index (κ3) is 3.05. The summed E-state index contributed by atoms with van der Waals surface area (Å²) in [5.41, 5.74) is 4.89. The van der Waals surface area contributed by atoms with Crippen LogP contribution in [0, 0.1) is 0 Å². The zero-order valence-electron chi connectivity index (χ0n) is 13.5. The number of aromatic nitrogens is 2. The standard InChI is InChI=1S/C20H21N3O/c24-20-6-2-5-17-18(20)7-8-19(17)22-12-15-3-1-4-16(11-15)13-23-10-9-21-14-23/h1-6,9-11,14,19,22,24H,7-8,12-13H2. The van der Waals surface area contributed by atoms with E-state index in [-0.39, 0.29) is 0 Å². The Hall–Kier alpha value is -2.59. The second-order valence-corrected chi connectivity index (χ2v) is 6.37. The SMILES string of the molecule is Oc1cccc2c1CCC2NCc1cccc(Cn2ccnc2)c1. The van der Waals surface area contributed by atoms with Crippen LogP contribution in [0.1, 0.15) is 34.7 Å². The Bertz CT molecular complexity index is 827. The number of fused-ring (bicyclic) bond motifs is 1. The van der Waals surface area contributed by atoms with Crippen LogP contribution in [-0.2, 0) is 19.5 Å². The summed E-state index contributed by atoms with van der Waals surface area (Å²) in [7, 11) is 0. The minimum Gasteiger partial charge on any atom is -0.508 e. The van der Waals surface area contributed by atoms with Crippen molar-refractivity contribution < 1.29 is 5.11 Å². The molecule has 1 heterocycles. The van der Waals surface area contributed by atoms with Crippen LogP contribution in [0.15, 0.2) is 61.2 Å². The van der Waals surface area contributed by atoms with Gasteiger partial charge in [-0.2, -0.15) is 0 Å². The molecule has 0 saturated heterocycles. The van der Waals surface area contributed by atoms with Crippen LogP contribution in [-0.4, -0.2) is 14.7 Å². The lowest BCUT2D eigenvalue weighted by atomic mass is 10.1. The van der Waals surface area contributed by atoms with Crippen molar-refractivity contribution in [3.05, 3.63) is 83.4 Å². The summed E-state index contributed by atoms with van der Waals surface area (Å²) in [6.07, 6.45) is 7.61. The van der Waals surface area contributed by atoms with Crippen LogP contribution < -0.4 is 5.32 Å². The van der Waals surface area contributed by atoms with Gasteiger partial charge in [0.25, 0.3) is 0 Å². The number of aromatic hydroxyl groups is 1. The molecule has 1 aromatic heterocycles. The molecule has 1 aliphatic carbocycles. The molecule has 0 spiro atoms. The van der Waals surface area contributed by atoms with Gasteiger partial charge in [0.15, 0.2) is 0 Å². The largest absolute Gasteiger partial charge is 0.508 e. The molecule has 122 valence electrons. The van der Waals surface area contributed by atoms with Gasteiger partial charge >= 0.3 is 0 Å². The molecule has 1 atom stereocenters. The van der Waals surface area contributed by atoms with E-state index in [4.69, 9.17) is 0 Å². The number of benzene rings is 2.